The smallest absolute Gasteiger partial charge is 0.222 e. The average molecular weight is 1070 g/mol. The minimum atomic E-state index is 0.659. The van der Waals surface area contributed by atoms with Gasteiger partial charge in [-0.25, -0.2) is 30.0 Å². The molecule has 70 heavy (non-hydrogen) atoms. The lowest BCUT2D eigenvalue weighted by atomic mass is 10.1. The molecule has 0 radical (unpaired) electrons. The van der Waals surface area contributed by atoms with Crippen molar-refractivity contribution in [3.8, 4) is 0 Å². The average Bonchev–Trinajstić information content (AvgIpc) is 4.23. The molecule has 0 aliphatic heterocycles. The second-order valence-corrected chi connectivity index (χ2v) is 22.8. The molecule has 0 spiro atoms. The van der Waals surface area contributed by atoms with Gasteiger partial charge in [0.2, 0.25) is 29.5 Å². The molecule has 4 heterocycles. The van der Waals surface area contributed by atoms with Crippen molar-refractivity contribution in [1.82, 2.24) is 19.9 Å². The first-order valence-electron chi connectivity index (χ1n) is 20.8. The Morgan fingerprint density at radius 3 is 1.01 bits per heavy atom. The number of aryl methyl sites for hydroxylation is 2. The van der Waals surface area contributed by atoms with Gasteiger partial charge in [0.25, 0.3) is 0 Å². The molecule has 9 aromatic rings. The van der Waals surface area contributed by atoms with Crippen LogP contribution in [0.2, 0.25) is 0 Å². The molecule has 0 bridgehead atoms. The minimum Gasteiger partial charge on any atom is -0.331 e. The number of aromatic nitrogens is 4. The fourth-order valence-electron chi connectivity index (χ4n) is 5.80. The van der Waals surface area contributed by atoms with Crippen LogP contribution in [-0.2, 0) is 0 Å². The van der Waals surface area contributed by atoms with Gasteiger partial charge >= 0.3 is 0 Å². The highest BCUT2D eigenvalue weighted by molar-refractivity contribution is 7.70. The van der Waals surface area contributed by atoms with Crippen LogP contribution in [0.5, 0.6) is 0 Å². The summed E-state index contributed by atoms with van der Waals surface area (Å²) in [7, 11) is 12.1. The molecule has 1 aliphatic rings. The van der Waals surface area contributed by atoms with E-state index in [0.717, 1.165) is 72.0 Å². The van der Waals surface area contributed by atoms with E-state index in [9.17, 15) is 0 Å². The van der Waals surface area contributed by atoms with Crippen LogP contribution in [0.25, 0.3) is 0 Å². The molecule has 22 heteroatoms. The highest BCUT2D eigenvalue weighted by atomic mass is 32.9. The molecule has 2 N–H and O–H groups in total. The summed E-state index contributed by atoms with van der Waals surface area (Å²) in [4.78, 5) is 56.3. The Bertz CT molecular complexity index is 3640. The van der Waals surface area contributed by atoms with Gasteiger partial charge in [0.05, 0.1) is 45.5 Å². The third-order valence-electron chi connectivity index (χ3n) is 9.27. The van der Waals surface area contributed by atoms with Gasteiger partial charge in [0.15, 0.2) is 10.3 Å². The molecule has 0 amide bonds. The van der Waals surface area contributed by atoms with E-state index >= 15 is 0 Å². The highest BCUT2D eigenvalue weighted by Crippen LogP contribution is 2.26. The van der Waals surface area contributed by atoms with E-state index < -0.39 is 0 Å². The van der Waals surface area contributed by atoms with Crippen LogP contribution >= 0.6 is 82.7 Å². The zero-order chi connectivity index (χ0) is 48.1. The molecule has 14 nitrogen and oxygen atoms in total. The van der Waals surface area contributed by atoms with E-state index in [-0.39, 0.29) is 0 Å². The molecular weight excluding hydrogens is 1030 g/mol. The van der Waals surface area contributed by atoms with Crippen molar-refractivity contribution < 1.29 is 0 Å². The molecule has 10 rings (SSSR count). The van der Waals surface area contributed by atoms with Gasteiger partial charge < -0.3 is 10.6 Å². The molecule has 4 aromatic heterocycles. The lowest BCUT2D eigenvalue weighted by Crippen LogP contribution is -2.00. The van der Waals surface area contributed by atoms with Gasteiger partial charge in [0.1, 0.15) is 0 Å². The molecule has 0 unspecified atom stereocenters. The molecular formula is C48H36N14S8. The topological polar surface area (TPSA) is 174 Å². The number of hydrogen-bond donors (Lipinski definition) is 2. The first kappa shape index (κ1) is 48.0. The normalized spacial score (nSPS) is 13.0. The maximum Gasteiger partial charge on any atom is 0.222 e. The lowest BCUT2D eigenvalue weighted by Gasteiger charge is -2.01. The first-order chi connectivity index (χ1) is 34.2. The van der Waals surface area contributed by atoms with Crippen molar-refractivity contribution in [1.29, 1.82) is 0 Å². The maximum atomic E-state index is 4.64. The Kier molecular flexibility index (Phi) is 16.1. The zero-order valence-electron chi connectivity index (χ0n) is 36.9. The van der Waals surface area contributed by atoms with Crippen LogP contribution in [0.15, 0.2) is 186 Å². The van der Waals surface area contributed by atoms with Gasteiger partial charge in [-0.2, -0.15) is 19.9 Å². The van der Waals surface area contributed by atoms with E-state index in [4.69, 9.17) is 0 Å². The Morgan fingerprint density at radius 1 is 0.343 bits per heavy atom. The summed E-state index contributed by atoms with van der Waals surface area (Å²) in [6.45, 7) is 11.2. The monoisotopic (exact) mass is 1060 g/mol. The Labute approximate surface area is 430 Å². The lowest BCUT2D eigenvalue weighted by molar-refractivity contribution is 1.22. The van der Waals surface area contributed by atoms with Crippen LogP contribution in [0.3, 0.4) is 0 Å². The number of anilines is 4. The number of aliphatic imine (C=N–C) groups is 4. The van der Waals surface area contributed by atoms with Gasteiger partial charge in [-0.05, 0) is 231 Å². The van der Waals surface area contributed by atoms with Crippen molar-refractivity contribution in [2.45, 2.75) is 13.8 Å². The van der Waals surface area contributed by atoms with E-state index in [1.165, 1.54) is 62.8 Å². The molecule has 0 saturated carbocycles. The molecule has 0 atom stereocenters. The number of benzene rings is 5. The number of nitrogens with zero attached hydrogens (tertiary/aromatic N) is 12. The van der Waals surface area contributed by atoms with E-state index in [2.05, 4.69) is 97.8 Å². The SMILES string of the molecule is C=Nc1ccc(N=c2nc(N=C3C=CC(=Nc4nc(=Nc5ccc(C)cc5)ss4)C=C3)ss2)cc1.C=Nc1ccc(Nc2nc(=Nc3ccc(Nc4nc(=Nc5ccc(C)cc5)ss4)cc3)ss2)cc1. The van der Waals surface area contributed by atoms with Gasteiger partial charge in [0, 0.05) is 11.4 Å². The Morgan fingerprint density at radius 2 is 0.643 bits per heavy atom. The molecule has 5 aromatic carbocycles. The van der Waals surface area contributed by atoms with Crippen molar-refractivity contribution in [3.05, 3.63) is 176 Å². The van der Waals surface area contributed by atoms with Crippen LogP contribution in [0, 0.1) is 13.8 Å². The third-order valence-corrected chi connectivity index (χ3v) is 16.9. The van der Waals surface area contributed by atoms with Crippen molar-refractivity contribution in [3.63, 3.8) is 0 Å². The van der Waals surface area contributed by atoms with E-state index in [1.54, 1.807) is 31.0 Å². The van der Waals surface area contributed by atoms with Crippen molar-refractivity contribution in [2.75, 3.05) is 10.6 Å². The van der Waals surface area contributed by atoms with E-state index in [1.807, 2.05) is 146 Å². The second kappa shape index (κ2) is 23.5. The van der Waals surface area contributed by atoms with E-state index in [0.29, 0.717) is 24.7 Å². The predicted molar refractivity (Wildman–Crippen MR) is 300 cm³/mol. The zero-order valence-corrected chi connectivity index (χ0v) is 43.4. The second-order valence-electron chi connectivity index (χ2n) is 14.5. The summed E-state index contributed by atoms with van der Waals surface area (Å²) < 4.78 is 0. The molecule has 0 saturated heterocycles. The fraction of sp³-hybridized carbons (Fsp3) is 0.0417. The Hall–Kier alpha value is -7.02. The standard InChI is InChI=1S/C24H19N7S4.C24H17N7S4/c2*1-15-3-5-17(6-4-15)26-21-30-23(34-32-21)28-19-11-13-20(14-12-19)29-24-31-22(33-35-24)27-18-9-7-16(25-2)8-10-18/h3-14H,2H2,1H3,(H,26,28,30)(H,27,29,31);3-14H,2H2,1H3. The molecule has 1 aliphatic carbocycles. The maximum absolute atomic E-state index is 4.64. The summed E-state index contributed by atoms with van der Waals surface area (Å²) in [6.07, 6.45) is 7.66. The van der Waals surface area contributed by atoms with Crippen molar-refractivity contribution >= 4 is 174 Å². The summed E-state index contributed by atoms with van der Waals surface area (Å²) in [6, 6.07) is 39.2. The fourth-order valence-corrected chi connectivity index (χ4v) is 12.4. The summed E-state index contributed by atoms with van der Waals surface area (Å²) in [5, 5.41) is 9.56. The molecule has 0 fully saturated rings. The summed E-state index contributed by atoms with van der Waals surface area (Å²) >= 11 is 0. The third kappa shape index (κ3) is 14.0. The van der Waals surface area contributed by atoms with Crippen LogP contribution < -0.4 is 29.8 Å². The summed E-state index contributed by atoms with van der Waals surface area (Å²) in [5.74, 6) is 0. The first-order valence-corrected chi connectivity index (χ1v) is 29.4. The van der Waals surface area contributed by atoms with Crippen LogP contribution in [0.4, 0.5) is 66.0 Å². The van der Waals surface area contributed by atoms with Gasteiger partial charge in [-0.3, -0.25) is 9.98 Å². The van der Waals surface area contributed by atoms with Gasteiger partial charge in [-0.1, -0.05) is 35.4 Å². The predicted octanol–water partition coefficient (Wildman–Crippen LogP) is 14.1. The number of allylic oxidation sites excluding steroid dienone is 4. The highest BCUT2D eigenvalue weighted by Gasteiger charge is 2.07. The van der Waals surface area contributed by atoms with Crippen LogP contribution in [-0.4, -0.2) is 44.8 Å². The number of hydrogen-bond acceptors (Lipinski definition) is 22. The minimum absolute atomic E-state index is 0.659. The van der Waals surface area contributed by atoms with Crippen LogP contribution in [0.1, 0.15) is 11.1 Å². The summed E-state index contributed by atoms with van der Waals surface area (Å²) in [5.41, 5.74) is 11.0. The van der Waals surface area contributed by atoms with Gasteiger partial charge in [-0.15, -0.1) is 0 Å². The largest absolute Gasteiger partial charge is 0.331 e. The Balaban J connectivity index is 0.000000174. The number of nitrogens with one attached hydrogen (secondary N) is 2. The quantitative estimate of drug-likeness (QED) is 0.0699. The molecule has 346 valence electrons. The number of rotatable bonds is 12. The van der Waals surface area contributed by atoms with Crippen molar-refractivity contribution in [2.24, 2.45) is 39.9 Å².